The molecule has 0 fully saturated rings. The molecule has 1 N–H and O–H groups in total. The molecule has 0 bridgehead atoms. The van der Waals surface area contributed by atoms with Crippen molar-refractivity contribution in [2.24, 2.45) is 0 Å². The van der Waals surface area contributed by atoms with E-state index in [4.69, 9.17) is 4.74 Å². The third-order valence-corrected chi connectivity index (χ3v) is 4.75. The van der Waals surface area contributed by atoms with Crippen LogP contribution in [0.1, 0.15) is 17.3 Å². The van der Waals surface area contributed by atoms with Crippen molar-refractivity contribution in [2.45, 2.75) is 11.8 Å². The highest BCUT2D eigenvalue weighted by Crippen LogP contribution is 2.21. The van der Waals surface area contributed by atoms with Crippen molar-refractivity contribution in [3.05, 3.63) is 64.0 Å². The number of ether oxygens (including phenoxy) is 1. The van der Waals surface area contributed by atoms with Crippen LogP contribution < -0.4 is 5.32 Å². The van der Waals surface area contributed by atoms with Crippen molar-refractivity contribution in [1.82, 2.24) is 0 Å². The Hall–Kier alpha value is -3.14. The van der Waals surface area contributed by atoms with Crippen molar-refractivity contribution in [3.8, 4) is 0 Å². The van der Waals surface area contributed by atoms with Crippen molar-refractivity contribution in [3.63, 3.8) is 0 Å². The fraction of sp³-hybridized carbons (Fsp3) is 0.176. The average Bonchev–Trinajstić information content (AvgIpc) is 2.66. The molecular formula is C17H15FN2O6S. The Morgan fingerprint density at radius 3 is 2.63 bits per heavy atom. The molecule has 0 aliphatic rings. The third kappa shape index (κ3) is 5.17. The first kappa shape index (κ1) is 20.2. The number of amides is 1. The van der Waals surface area contributed by atoms with Gasteiger partial charge in [-0.15, -0.1) is 0 Å². The molecule has 0 spiro atoms. The van der Waals surface area contributed by atoms with Crippen LogP contribution in [0.15, 0.2) is 47.4 Å². The number of halogens is 1. The number of esters is 1. The molecule has 2 rings (SSSR count). The van der Waals surface area contributed by atoms with E-state index in [-0.39, 0.29) is 11.3 Å². The number of carbonyl (C=O) groups excluding carboxylic acids is 2. The number of carbonyl (C=O) groups is 2. The number of nitrogens with zero attached hydrogens (tertiary/aromatic N) is 1. The van der Waals surface area contributed by atoms with Crippen LogP contribution in [0.5, 0.6) is 0 Å². The van der Waals surface area contributed by atoms with Crippen LogP contribution in [-0.4, -0.2) is 33.4 Å². The summed E-state index contributed by atoms with van der Waals surface area (Å²) >= 11 is 0. The maximum atomic E-state index is 13.3. The Labute approximate surface area is 155 Å². The minimum atomic E-state index is -1.38. The van der Waals surface area contributed by atoms with Gasteiger partial charge in [0.1, 0.15) is 0 Å². The highest BCUT2D eigenvalue weighted by Gasteiger charge is 2.18. The first-order chi connectivity index (χ1) is 12.8. The van der Waals surface area contributed by atoms with Crippen molar-refractivity contribution < 1.29 is 27.8 Å². The van der Waals surface area contributed by atoms with Crippen LogP contribution in [0.3, 0.4) is 0 Å². The van der Waals surface area contributed by atoms with Gasteiger partial charge < -0.3 is 10.1 Å². The van der Waals surface area contributed by atoms with E-state index in [0.29, 0.717) is 10.6 Å². The molecule has 142 valence electrons. The topological polar surface area (TPSA) is 116 Å². The number of nitro groups is 1. The van der Waals surface area contributed by atoms with Crippen molar-refractivity contribution >= 4 is 34.1 Å². The van der Waals surface area contributed by atoms with Gasteiger partial charge in [-0.25, -0.2) is 4.79 Å². The summed E-state index contributed by atoms with van der Waals surface area (Å²) < 4.78 is 30.2. The van der Waals surface area contributed by atoms with Crippen LogP contribution in [0.4, 0.5) is 15.8 Å². The Bertz CT molecular complexity index is 918. The summed E-state index contributed by atoms with van der Waals surface area (Å²) in [6, 6.07) is 9.02. The summed E-state index contributed by atoms with van der Waals surface area (Å²) in [5, 5.41) is 13.0. The van der Waals surface area contributed by atoms with E-state index in [2.05, 4.69) is 5.32 Å². The van der Waals surface area contributed by atoms with Gasteiger partial charge >= 0.3 is 11.7 Å². The largest absolute Gasteiger partial charge is 0.452 e. The number of nitrogens with one attached hydrogen (secondary N) is 1. The van der Waals surface area contributed by atoms with E-state index < -0.39 is 45.7 Å². The molecule has 2 aromatic rings. The zero-order valence-corrected chi connectivity index (χ0v) is 15.0. The number of hydrogen-bond donors (Lipinski definition) is 1. The van der Waals surface area contributed by atoms with Crippen LogP contribution >= 0.6 is 0 Å². The van der Waals surface area contributed by atoms with Crippen LogP contribution in [0, 0.1) is 15.9 Å². The van der Waals surface area contributed by atoms with Crippen LogP contribution in [0.25, 0.3) is 0 Å². The van der Waals surface area contributed by atoms with Gasteiger partial charge in [0.2, 0.25) is 5.82 Å². The SMILES string of the molecule is CC[S@](=O)c1ccccc1C(=O)OCC(=O)Nc1ccc(F)c([N+](=O)[O-])c1. The predicted octanol–water partition coefficient (Wildman–Crippen LogP) is 2.66. The maximum Gasteiger partial charge on any atom is 0.339 e. The molecule has 0 aliphatic carbocycles. The van der Waals surface area contributed by atoms with Gasteiger partial charge in [0.25, 0.3) is 5.91 Å². The Balaban J connectivity index is 2.02. The summed E-state index contributed by atoms with van der Waals surface area (Å²) in [5.74, 6) is -2.32. The predicted molar refractivity (Wildman–Crippen MR) is 95.4 cm³/mol. The Morgan fingerprint density at radius 2 is 1.96 bits per heavy atom. The monoisotopic (exact) mass is 394 g/mol. The normalized spacial score (nSPS) is 11.5. The molecule has 1 amide bonds. The summed E-state index contributed by atoms with van der Waals surface area (Å²) in [6.45, 7) is 1.03. The number of nitro benzene ring substituents is 1. The molecule has 1 atom stereocenters. The molecule has 0 heterocycles. The quantitative estimate of drug-likeness (QED) is 0.438. The van der Waals surface area contributed by atoms with Gasteiger partial charge in [0.05, 0.1) is 26.2 Å². The van der Waals surface area contributed by atoms with E-state index in [1.54, 1.807) is 19.1 Å². The van der Waals surface area contributed by atoms with E-state index in [0.717, 1.165) is 18.2 Å². The molecule has 8 nitrogen and oxygen atoms in total. The van der Waals surface area contributed by atoms with E-state index >= 15 is 0 Å². The fourth-order valence-electron chi connectivity index (χ4n) is 2.13. The second-order valence-electron chi connectivity index (χ2n) is 5.18. The zero-order valence-electron chi connectivity index (χ0n) is 14.1. The van der Waals surface area contributed by atoms with Crippen molar-refractivity contribution in [2.75, 3.05) is 17.7 Å². The smallest absolute Gasteiger partial charge is 0.339 e. The molecule has 27 heavy (non-hydrogen) atoms. The Kier molecular flexibility index (Phi) is 6.72. The number of hydrogen-bond acceptors (Lipinski definition) is 6. The number of rotatable bonds is 7. The molecule has 0 aromatic heterocycles. The summed E-state index contributed by atoms with van der Waals surface area (Å²) in [6.07, 6.45) is 0. The molecule has 0 aliphatic heterocycles. The summed E-state index contributed by atoms with van der Waals surface area (Å²) in [5.41, 5.74) is -0.722. The first-order valence-electron chi connectivity index (χ1n) is 7.71. The zero-order chi connectivity index (χ0) is 20.0. The second kappa shape index (κ2) is 8.99. The third-order valence-electron chi connectivity index (χ3n) is 3.38. The molecule has 2 aromatic carbocycles. The molecule has 0 radical (unpaired) electrons. The molecule has 0 saturated carbocycles. The first-order valence-corrected chi connectivity index (χ1v) is 9.03. The van der Waals surface area contributed by atoms with Crippen LogP contribution in [0.2, 0.25) is 0 Å². The lowest BCUT2D eigenvalue weighted by Gasteiger charge is -2.09. The minimum absolute atomic E-state index is 0.0170. The van der Waals surface area contributed by atoms with Gasteiger partial charge in [-0.05, 0) is 24.3 Å². The molecule has 10 heteroatoms. The molecular weight excluding hydrogens is 379 g/mol. The second-order valence-corrected chi connectivity index (χ2v) is 6.89. The minimum Gasteiger partial charge on any atom is -0.452 e. The summed E-state index contributed by atoms with van der Waals surface area (Å²) in [4.78, 5) is 34.1. The highest BCUT2D eigenvalue weighted by molar-refractivity contribution is 7.85. The lowest BCUT2D eigenvalue weighted by atomic mass is 10.2. The highest BCUT2D eigenvalue weighted by atomic mass is 32.2. The number of benzene rings is 2. The van der Waals surface area contributed by atoms with E-state index in [1.165, 1.54) is 12.1 Å². The van der Waals surface area contributed by atoms with Gasteiger partial charge in [0.15, 0.2) is 6.61 Å². The van der Waals surface area contributed by atoms with Crippen LogP contribution in [-0.2, 0) is 20.3 Å². The molecule has 0 unspecified atom stereocenters. The molecule has 0 saturated heterocycles. The van der Waals surface area contributed by atoms with Gasteiger partial charge in [-0.1, -0.05) is 19.1 Å². The van der Waals surface area contributed by atoms with Gasteiger partial charge in [0, 0.05) is 17.5 Å². The van der Waals surface area contributed by atoms with Gasteiger partial charge in [-0.3, -0.25) is 19.1 Å². The van der Waals surface area contributed by atoms with E-state index in [1.807, 2.05) is 0 Å². The Morgan fingerprint density at radius 1 is 1.26 bits per heavy atom. The lowest BCUT2D eigenvalue weighted by molar-refractivity contribution is -0.387. The standard InChI is InChI=1S/C17H15FN2O6S/c1-2-27(25)15-6-4-3-5-12(15)17(22)26-10-16(21)19-11-7-8-13(18)14(9-11)20(23)24/h3-9H,2,10H2,1H3,(H,19,21)/t27-/m0/s1. The average molecular weight is 394 g/mol. The van der Waals surface area contributed by atoms with E-state index in [9.17, 15) is 28.3 Å². The summed E-state index contributed by atoms with van der Waals surface area (Å²) in [7, 11) is -1.38. The van der Waals surface area contributed by atoms with Gasteiger partial charge in [-0.2, -0.15) is 4.39 Å². The number of anilines is 1. The maximum absolute atomic E-state index is 13.3. The lowest BCUT2D eigenvalue weighted by Crippen LogP contribution is -2.21. The fourth-order valence-corrected chi connectivity index (χ4v) is 3.06. The van der Waals surface area contributed by atoms with Crippen molar-refractivity contribution in [1.29, 1.82) is 0 Å².